The summed E-state index contributed by atoms with van der Waals surface area (Å²) in [5.74, 6) is -0.533. The second kappa shape index (κ2) is 4.52. The number of allylic oxidation sites excluding steroid dienone is 2. The number of benzene rings is 1. The molecule has 84 valence electrons. The van der Waals surface area contributed by atoms with E-state index in [0.29, 0.717) is 5.56 Å². The van der Waals surface area contributed by atoms with Gasteiger partial charge in [-0.05, 0) is 43.4 Å². The summed E-state index contributed by atoms with van der Waals surface area (Å²) in [6.45, 7) is 1.98. The van der Waals surface area contributed by atoms with Gasteiger partial charge in [-0.3, -0.25) is 0 Å². The molecule has 0 bridgehead atoms. The van der Waals surface area contributed by atoms with Crippen molar-refractivity contribution in [3.8, 4) is 0 Å². The van der Waals surface area contributed by atoms with Crippen LogP contribution in [0.1, 0.15) is 47.2 Å². The molecule has 1 N–H and O–H groups in total. The molecule has 16 heavy (non-hydrogen) atoms. The van der Waals surface area contributed by atoms with Crippen LogP contribution in [0.2, 0.25) is 0 Å². The largest absolute Gasteiger partial charge is 0.478 e. The van der Waals surface area contributed by atoms with Gasteiger partial charge in [-0.1, -0.05) is 24.3 Å². The van der Waals surface area contributed by atoms with Crippen LogP contribution < -0.4 is 0 Å². The van der Waals surface area contributed by atoms with Gasteiger partial charge in [0.25, 0.3) is 0 Å². The zero-order valence-corrected chi connectivity index (χ0v) is 9.44. The third-order valence-electron chi connectivity index (χ3n) is 3.18. The number of carboxylic acid groups (broad SMARTS) is 1. The molecule has 1 aliphatic carbocycles. The fourth-order valence-corrected chi connectivity index (χ4v) is 2.54. The lowest BCUT2D eigenvalue weighted by Gasteiger charge is -2.24. The van der Waals surface area contributed by atoms with Crippen LogP contribution in [-0.2, 0) is 6.42 Å². The minimum atomic E-state index is -0.812. The summed E-state index contributed by atoms with van der Waals surface area (Å²) in [4.78, 5) is 11.2. The van der Waals surface area contributed by atoms with Crippen LogP contribution in [0.15, 0.2) is 30.4 Å². The van der Waals surface area contributed by atoms with Crippen molar-refractivity contribution in [2.45, 2.75) is 32.1 Å². The molecule has 0 saturated heterocycles. The number of rotatable bonds is 2. The molecule has 0 fully saturated rings. The van der Waals surface area contributed by atoms with Gasteiger partial charge < -0.3 is 5.11 Å². The third kappa shape index (κ3) is 1.87. The first-order chi connectivity index (χ1) is 7.74. The molecule has 0 spiro atoms. The van der Waals surface area contributed by atoms with E-state index in [9.17, 15) is 9.90 Å². The highest BCUT2D eigenvalue weighted by Gasteiger charge is 2.23. The Balaban J connectivity index is 2.55. The average Bonchev–Trinajstić information content (AvgIpc) is 2.29. The van der Waals surface area contributed by atoms with Crippen LogP contribution in [0.25, 0.3) is 0 Å². The molecule has 0 aliphatic heterocycles. The van der Waals surface area contributed by atoms with E-state index in [-0.39, 0.29) is 5.92 Å². The predicted molar refractivity (Wildman–Crippen MR) is 63.9 cm³/mol. The smallest absolute Gasteiger partial charge is 0.335 e. The predicted octanol–water partition coefficient (Wildman–Crippen LogP) is 3.38. The average molecular weight is 216 g/mol. The van der Waals surface area contributed by atoms with Crippen molar-refractivity contribution in [1.29, 1.82) is 0 Å². The van der Waals surface area contributed by atoms with Crippen molar-refractivity contribution in [1.82, 2.24) is 0 Å². The maximum Gasteiger partial charge on any atom is 0.335 e. The van der Waals surface area contributed by atoms with Crippen LogP contribution in [0, 0.1) is 0 Å². The number of aryl methyl sites for hydroxylation is 1. The number of hydrogen-bond donors (Lipinski definition) is 1. The van der Waals surface area contributed by atoms with Gasteiger partial charge in [-0.15, -0.1) is 0 Å². The number of carbonyl (C=O) groups is 1. The van der Waals surface area contributed by atoms with Crippen molar-refractivity contribution in [2.24, 2.45) is 0 Å². The summed E-state index contributed by atoms with van der Waals surface area (Å²) in [5.41, 5.74) is 2.70. The van der Waals surface area contributed by atoms with Gasteiger partial charge >= 0.3 is 5.97 Å². The summed E-state index contributed by atoms with van der Waals surface area (Å²) in [6, 6.07) is 5.61. The Morgan fingerprint density at radius 1 is 1.50 bits per heavy atom. The summed E-state index contributed by atoms with van der Waals surface area (Å²) >= 11 is 0. The highest BCUT2D eigenvalue weighted by Crippen LogP contribution is 2.35. The molecule has 0 radical (unpaired) electrons. The zero-order chi connectivity index (χ0) is 11.5. The monoisotopic (exact) mass is 216 g/mol. The summed E-state index contributed by atoms with van der Waals surface area (Å²) in [7, 11) is 0. The van der Waals surface area contributed by atoms with Crippen LogP contribution in [0.3, 0.4) is 0 Å². The van der Waals surface area contributed by atoms with Gasteiger partial charge in [-0.25, -0.2) is 4.79 Å². The number of fused-ring (bicyclic) bond motifs is 1. The Bertz CT molecular complexity index is 432. The minimum absolute atomic E-state index is 0.279. The number of aromatic carboxylic acids is 1. The van der Waals surface area contributed by atoms with Crippen molar-refractivity contribution >= 4 is 5.97 Å². The van der Waals surface area contributed by atoms with Gasteiger partial charge in [0.05, 0.1) is 5.56 Å². The van der Waals surface area contributed by atoms with Gasteiger partial charge in [-0.2, -0.15) is 0 Å². The molecule has 2 heteroatoms. The highest BCUT2D eigenvalue weighted by molar-refractivity contribution is 5.90. The molecule has 0 amide bonds. The summed E-state index contributed by atoms with van der Waals surface area (Å²) in [6.07, 6.45) is 7.33. The van der Waals surface area contributed by atoms with E-state index in [1.54, 1.807) is 6.07 Å². The first kappa shape index (κ1) is 10.9. The van der Waals surface area contributed by atoms with E-state index in [1.807, 2.05) is 19.1 Å². The summed E-state index contributed by atoms with van der Waals surface area (Å²) < 4.78 is 0. The first-order valence-electron chi connectivity index (χ1n) is 5.72. The Morgan fingerprint density at radius 2 is 2.31 bits per heavy atom. The second-order valence-electron chi connectivity index (χ2n) is 4.21. The summed E-state index contributed by atoms with van der Waals surface area (Å²) in [5, 5.41) is 9.20. The van der Waals surface area contributed by atoms with E-state index in [0.717, 1.165) is 24.8 Å². The quantitative estimate of drug-likeness (QED) is 0.769. The normalized spacial score (nSPS) is 19.7. The lowest BCUT2D eigenvalue weighted by molar-refractivity contribution is 0.0695. The molecule has 1 aromatic rings. The van der Waals surface area contributed by atoms with Gasteiger partial charge in [0.1, 0.15) is 0 Å². The maximum absolute atomic E-state index is 11.2. The fourth-order valence-electron chi connectivity index (χ4n) is 2.54. The minimum Gasteiger partial charge on any atom is -0.478 e. The van der Waals surface area contributed by atoms with Crippen molar-refractivity contribution in [3.63, 3.8) is 0 Å². The van der Waals surface area contributed by atoms with Gasteiger partial charge in [0.2, 0.25) is 0 Å². The SMILES string of the molecule is C/C=C/C1CCCc2cccc(C(=O)O)c21. The van der Waals surface area contributed by atoms with Crippen LogP contribution in [0.5, 0.6) is 0 Å². The van der Waals surface area contributed by atoms with Crippen LogP contribution in [-0.4, -0.2) is 11.1 Å². The van der Waals surface area contributed by atoms with E-state index in [4.69, 9.17) is 0 Å². The molecule has 2 rings (SSSR count). The van der Waals surface area contributed by atoms with Crippen LogP contribution in [0.4, 0.5) is 0 Å². The molecule has 1 aliphatic rings. The fraction of sp³-hybridized carbons (Fsp3) is 0.357. The van der Waals surface area contributed by atoms with Gasteiger partial charge in [0.15, 0.2) is 0 Å². The van der Waals surface area contributed by atoms with Crippen LogP contribution >= 0.6 is 0 Å². The molecule has 1 aromatic carbocycles. The molecule has 0 saturated carbocycles. The third-order valence-corrected chi connectivity index (χ3v) is 3.18. The van der Waals surface area contributed by atoms with Gasteiger partial charge in [0, 0.05) is 5.92 Å². The maximum atomic E-state index is 11.2. The highest BCUT2D eigenvalue weighted by atomic mass is 16.4. The molecule has 1 atom stereocenters. The molecular weight excluding hydrogens is 200 g/mol. The zero-order valence-electron chi connectivity index (χ0n) is 9.44. The molecular formula is C14H16O2. The lowest BCUT2D eigenvalue weighted by Crippen LogP contribution is -2.14. The lowest BCUT2D eigenvalue weighted by atomic mass is 9.80. The first-order valence-corrected chi connectivity index (χ1v) is 5.72. The molecule has 0 aromatic heterocycles. The van der Waals surface area contributed by atoms with E-state index in [1.165, 1.54) is 5.56 Å². The molecule has 1 unspecified atom stereocenters. The van der Waals surface area contributed by atoms with E-state index < -0.39 is 5.97 Å². The number of hydrogen-bond acceptors (Lipinski definition) is 1. The van der Waals surface area contributed by atoms with E-state index in [2.05, 4.69) is 12.1 Å². The topological polar surface area (TPSA) is 37.3 Å². The molecule has 2 nitrogen and oxygen atoms in total. The Morgan fingerprint density at radius 3 is 3.00 bits per heavy atom. The Hall–Kier alpha value is -1.57. The molecule has 0 heterocycles. The standard InChI is InChI=1S/C14H16O2/c1-2-5-10-6-3-7-11-8-4-9-12(13(10)11)14(15)16/h2,4-5,8-10H,3,6-7H2,1H3,(H,15,16)/b5-2+. The Kier molecular flexibility index (Phi) is 3.09. The second-order valence-corrected chi connectivity index (χ2v) is 4.21. The van der Waals surface area contributed by atoms with Crippen molar-refractivity contribution in [2.75, 3.05) is 0 Å². The number of carboxylic acids is 1. The van der Waals surface area contributed by atoms with Crippen molar-refractivity contribution < 1.29 is 9.90 Å². The van der Waals surface area contributed by atoms with E-state index >= 15 is 0 Å². The van der Waals surface area contributed by atoms with Crippen molar-refractivity contribution in [3.05, 3.63) is 47.0 Å². The Labute approximate surface area is 95.6 Å².